The van der Waals surface area contributed by atoms with Gasteiger partial charge in [-0.1, -0.05) is 5.16 Å². The third-order valence-electron chi connectivity index (χ3n) is 2.45. The average molecular weight is 275 g/mol. The molecular formula is C10H15BrN2O2. The van der Waals surface area contributed by atoms with Gasteiger partial charge in [0, 0.05) is 25.8 Å². The molecule has 1 aliphatic rings. The molecule has 0 aromatic carbocycles. The molecule has 0 radical (unpaired) electrons. The summed E-state index contributed by atoms with van der Waals surface area (Å²) < 4.78 is 11.5. The van der Waals surface area contributed by atoms with Crippen LogP contribution in [-0.2, 0) is 11.3 Å². The van der Waals surface area contributed by atoms with Crippen LogP contribution in [0, 0.1) is 0 Å². The molecule has 4 nitrogen and oxygen atoms in total. The maximum atomic E-state index is 5.58. The molecule has 0 aliphatic carbocycles. The molecule has 5 heteroatoms. The molecule has 0 amide bonds. The number of nitrogens with zero attached hydrogens (tertiary/aromatic N) is 2. The summed E-state index contributed by atoms with van der Waals surface area (Å²) in [7, 11) is 0. The first kappa shape index (κ1) is 11.1. The largest absolute Gasteiger partial charge is 0.377 e. The van der Waals surface area contributed by atoms with Crippen molar-refractivity contribution in [1.82, 2.24) is 10.1 Å². The normalized spacial score (nSPS) is 24.0. The highest BCUT2D eigenvalue weighted by atomic mass is 79.9. The van der Waals surface area contributed by atoms with Crippen molar-refractivity contribution in [3.05, 3.63) is 16.4 Å². The van der Waals surface area contributed by atoms with E-state index in [2.05, 4.69) is 32.9 Å². The molecule has 0 N–H and O–H groups in total. The number of rotatable bonds is 2. The van der Waals surface area contributed by atoms with Crippen LogP contribution in [0.5, 0.6) is 0 Å². The predicted molar refractivity (Wildman–Crippen MR) is 59.5 cm³/mol. The summed E-state index contributed by atoms with van der Waals surface area (Å²) in [6, 6.07) is 1.91. The Hall–Kier alpha value is -0.390. The lowest BCUT2D eigenvalue weighted by molar-refractivity contribution is 0.0655. The van der Waals surface area contributed by atoms with E-state index in [1.807, 2.05) is 6.07 Å². The molecule has 84 valence electrons. The van der Waals surface area contributed by atoms with Crippen LogP contribution in [0.1, 0.15) is 19.1 Å². The van der Waals surface area contributed by atoms with E-state index in [1.165, 1.54) is 0 Å². The Morgan fingerprint density at radius 1 is 1.67 bits per heavy atom. The Kier molecular flexibility index (Phi) is 3.77. The fourth-order valence-electron chi connectivity index (χ4n) is 1.81. The monoisotopic (exact) mass is 274 g/mol. The molecule has 1 fully saturated rings. The number of ether oxygens (including phenoxy) is 1. The van der Waals surface area contributed by atoms with Crippen LogP contribution in [0.4, 0.5) is 0 Å². The second-order valence-corrected chi connectivity index (χ2v) is 4.70. The molecule has 0 saturated carbocycles. The maximum Gasteiger partial charge on any atom is 0.151 e. The van der Waals surface area contributed by atoms with E-state index in [1.54, 1.807) is 0 Å². The van der Waals surface area contributed by atoms with Crippen LogP contribution < -0.4 is 0 Å². The van der Waals surface area contributed by atoms with Gasteiger partial charge in [0.05, 0.1) is 12.6 Å². The van der Waals surface area contributed by atoms with E-state index in [4.69, 9.17) is 9.26 Å². The Bertz CT molecular complexity index is 316. The van der Waals surface area contributed by atoms with Gasteiger partial charge in [0.15, 0.2) is 5.76 Å². The predicted octanol–water partition coefficient (Wildman–Crippen LogP) is 2.05. The molecule has 0 spiro atoms. The van der Waals surface area contributed by atoms with Crippen LogP contribution in [0.2, 0.25) is 0 Å². The van der Waals surface area contributed by atoms with Gasteiger partial charge >= 0.3 is 0 Å². The van der Waals surface area contributed by atoms with Crippen molar-refractivity contribution in [3.8, 4) is 0 Å². The Morgan fingerprint density at radius 3 is 3.27 bits per heavy atom. The summed E-state index contributed by atoms with van der Waals surface area (Å²) in [5, 5.41) is 3.81. The van der Waals surface area contributed by atoms with Gasteiger partial charge in [0.1, 0.15) is 4.60 Å². The van der Waals surface area contributed by atoms with Gasteiger partial charge in [-0.05, 0) is 29.3 Å². The van der Waals surface area contributed by atoms with E-state index < -0.39 is 0 Å². The van der Waals surface area contributed by atoms with Crippen molar-refractivity contribution >= 4 is 15.9 Å². The third-order valence-corrected chi connectivity index (χ3v) is 2.82. The minimum Gasteiger partial charge on any atom is -0.377 e. The maximum absolute atomic E-state index is 5.58. The molecule has 1 aromatic rings. The molecule has 1 aliphatic heterocycles. The minimum atomic E-state index is 0.305. The zero-order valence-electron chi connectivity index (χ0n) is 8.78. The Balaban J connectivity index is 1.92. The highest BCUT2D eigenvalue weighted by Crippen LogP contribution is 2.14. The van der Waals surface area contributed by atoms with Crippen LogP contribution in [0.3, 0.4) is 0 Å². The Morgan fingerprint density at radius 2 is 2.53 bits per heavy atom. The lowest BCUT2D eigenvalue weighted by Gasteiger charge is -2.19. The van der Waals surface area contributed by atoms with Gasteiger partial charge in [-0.15, -0.1) is 0 Å². The third kappa shape index (κ3) is 3.29. The van der Waals surface area contributed by atoms with Crippen LogP contribution in [-0.4, -0.2) is 35.9 Å². The highest BCUT2D eigenvalue weighted by Gasteiger charge is 2.16. The molecule has 2 rings (SSSR count). The van der Waals surface area contributed by atoms with E-state index in [9.17, 15) is 0 Å². The van der Waals surface area contributed by atoms with Crippen LogP contribution in [0.25, 0.3) is 0 Å². The lowest BCUT2D eigenvalue weighted by atomic mass is 10.3. The molecular weight excluding hydrogens is 260 g/mol. The van der Waals surface area contributed by atoms with E-state index in [0.717, 1.165) is 43.0 Å². The zero-order valence-corrected chi connectivity index (χ0v) is 10.4. The van der Waals surface area contributed by atoms with E-state index in [0.29, 0.717) is 6.10 Å². The first-order valence-electron chi connectivity index (χ1n) is 5.19. The summed E-state index contributed by atoms with van der Waals surface area (Å²) in [6.07, 6.45) is 1.39. The van der Waals surface area contributed by atoms with Crippen molar-refractivity contribution in [2.24, 2.45) is 0 Å². The minimum absolute atomic E-state index is 0.305. The average Bonchev–Trinajstić information content (AvgIpc) is 2.46. The van der Waals surface area contributed by atoms with Gasteiger partial charge in [0.25, 0.3) is 0 Å². The summed E-state index contributed by atoms with van der Waals surface area (Å²) in [5.74, 6) is 0.899. The van der Waals surface area contributed by atoms with Crippen molar-refractivity contribution in [2.75, 3.05) is 19.7 Å². The molecule has 1 aromatic heterocycles. The Labute approximate surface area is 97.7 Å². The topological polar surface area (TPSA) is 38.5 Å². The van der Waals surface area contributed by atoms with Gasteiger partial charge < -0.3 is 9.26 Å². The van der Waals surface area contributed by atoms with Gasteiger partial charge in [0.2, 0.25) is 0 Å². The summed E-state index contributed by atoms with van der Waals surface area (Å²) >= 11 is 3.28. The summed E-state index contributed by atoms with van der Waals surface area (Å²) in [5.41, 5.74) is 0. The second kappa shape index (κ2) is 5.09. The smallest absolute Gasteiger partial charge is 0.151 e. The number of aromatic nitrogens is 1. The quantitative estimate of drug-likeness (QED) is 0.828. The molecule has 1 unspecified atom stereocenters. The SMILES string of the molecule is CC1CN(Cc2cc(Br)no2)CCCO1. The van der Waals surface area contributed by atoms with Crippen molar-refractivity contribution in [2.45, 2.75) is 26.0 Å². The van der Waals surface area contributed by atoms with E-state index in [-0.39, 0.29) is 0 Å². The van der Waals surface area contributed by atoms with E-state index >= 15 is 0 Å². The van der Waals surface area contributed by atoms with Gasteiger partial charge in [-0.2, -0.15) is 0 Å². The fraction of sp³-hybridized carbons (Fsp3) is 0.700. The number of halogens is 1. The van der Waals surface area contributed by atoms with Crippen molar-refractivity contribution < 1.29 is 9.26 Å². The highest BCUT2D eigenvalue weighted by molar-refractivity contribution is 9.10. The number of hydrogen-bond donors (Lipinski definition) is 0. The van der Waals surface area contributed by atoms with Crippen LogP contribution >= 0.6 is 15.9 Å². The zero-order chi connectivity index (χ0) is 10.7. The standard InChI is InChI=1S/C10H15BrN2O2/c1-8-6-13(3-2-4-14-8)7-9-5-10(11)12-15-9/h5,8H,2-4,6-7H2,1H3. The van der Waals surface area contributed by atoms with Gasteiger partial charge in [-0.3, -0.25) is 4.90 Å². The fourth-order valence-corrected chi connectivity index (χ4v) is 2.13. The van der Waals surface area contributed by atoms with Crippen molar-refractivity contribution in [1.29, 1.82) is 0 Å². The first-order chi connectivity index (χ1) is 7.24. The first-order valence-corrected chi connectivity index (χ1v) is 5.98. The molecule has 2 heterocycles. The summed E-state index contributed by atoms with van der Waals surface area (Å²) in [4.78, 5) is 2.34. The number of hydrogen-bond acceptors (Lipinski definition) is 4. The van der Waals surface area contributed by atoms with Gasteiger partial charge in [-0.25, -0.2) is 0 Å². The summed E-state index contributed by atoms with van der Waals surface area (Å²) in [6.45, 7) is 5.79. The van der Waals surface area contributed by atoms with Crippen molar-refractivity contribution in [3.63, 3.8) is 0 Å². The molecule has 1 saturated heterocycles. The molecule has 15 heavy (non-hydrogen) atoms. The van der Waals surface area contributed by atoms with Crippen LogP contribution in [0.15, 0.2) is 15.2 Å². The lowest BCUT2D eigenvalue weighted by Crippen LogP contribution is -2.29. The second-order valence-electron chi connectivity index (χ2n) is 3.89. The molecule has 0 bridgehead atoms. The molecule has 1 atom stereocenters.